The van der Waals surface area contributed by atoms with Crippen LogP contribution in [0.1, 0.15) is 13.3 Å². The quantitative estimate of drug-likeness (QED) is 0.640. The minimum Gasteiger partial charge on any atom is -0.379 e. The first kappa shape index (κ1) is 12.9. The number of morpholine rings is 1. The van der Waals surface area contributed by atoms with E-state index in [2.05, 4.69) is 5.32 Å². The fraction of sp³-hybridized carbons (Fsp3) is 1.00. The third-order valence-electron chi connectivity index (χ3n) is 2.37. The van der Waals surface area contributed by atoms with Gasteiger partial charge in [0, 0.05) is 13.1 Å². The maximum atomic E-state index is 11.8. The Morgan fingerprint density at radius 2 is 2.00 bits per heavy atom. The van der Waals surface area contributed by atoms with Crippen LogP contribution in [0.5, 0.6) is 0 Å². The van der Waals surface area contributed by atoms with Crippen LogP contribution in [0.2, 0.25) is 0 Å². The molecule has 0 amide bonds. The van der Waals surface area contributed by atoms with E-state index in [0.717, 1.165) is 13.1 Å². The maximum Gasteiger partial charge on any atom is 0.214 e. The van der Waals surface area contributed by atoms with Gasteiger partial charge in [-0.25, -0.2) is 8.42 Å². The summed E-state index contributed by atoms with van der Waals surface area (Å²) >= 11 is 0. The largest absolute Gasteiger partial charge is 0.379 e. The first-order chi connectivity index (χ1) is 7.17. The number of nitrogens with zero attached hydrogens (tertiary/aromatic N) is 1. The standard InChI is InChI=1S/C9H20N2O3S/c1-2-10-4-3-9-15(12,13)11-5-7-14-8-6-11/h10H,2-9H2,1H3. The van der Waals surface area contributed by atoms with E-state index in [4.69, 9.17) is 4.74 Å². The summed E-state index contributed by atoms with van der Waals surface area (Å²) in [6.45, 7) is 5.71. The van der Waals surface area contributed by atoms with Gasteiger partial charge in [-0.15, -0.1) is 0 Å². The normalized spacial score (nSPS) is 19.3. The predicted octanol–water partition coefficient (Wildman–Crippen LogP) is -0.352. The molecular weight excluding hydrogens is 216 g/mol. The lowest BCUT2D eigenvalue weighted by molar-refractivity contribution is 0.0730. The van der Waals surface area contributed by atoms with Gasteiger partial charge in [0.05, 0.1) is 19.0 Å². The average molecular weight is 236 g/mol. The molecule has 0 aromatic heterocycles. The zero-order chi connectivity index (χ0) is 11.1. The molecule has 1 rings (SSSR count). The Labute approximate surface area is 91.8 Å². The summed E-state index contributed by atoms with van der Waals surface area (Å²) in [5.74, 6) is 0.236. The van der Waals surface area contributed by atoms with Gasteiger partial charge in [0.25, 0.3) is 0 Å². The van der Waals surface area contributed by atoms with Crippen molar-refractivity contribution in [2.75, 3.05) is 45.1 Å². The first-order valence-electron chi connectivity index (χ1n) is 5.43. The molecule has 0 unspecified atom stereocenters. The third-order valence-corrected chi connectivity index (χ3v) is 4.33. The van der Waals surface area contributed by atoms with E-state index in [1.165, 1.54) is 4.31 Å². The summed E-state index contributed by atoms with van der Waals surface area (Å²) in [5.41, 5.74) is 0. The molecule has 0 aromatic rings. The first-order valence-corrected chi connectivity index (χ1v) is 7.04. The molecule has 5 nitrogen and oxygen atoms in total. The Balaban J connectivity index is 2.30. The number of ether oxygens (including phenoxy) is 1. The van der Waals surface area contributed by atoms with Crippen molar-refractivity contribution in [3.8, 4) is 0 Å². The second-order valence-electron chi connectivity index (χ2n) is 3.53. The Morgan fingerprint density at radius 3 is 2.60 bits per heavy atom. The third kappa shape index (κ3) is 4.46. The lowest BCUT2D eigenvalue weighted by Crippen LogP contribution is -2.42. The summed E-state index contributed by atoms with van der Waals surface area (Å²) in [5, 5.41) is 3.12. The van der Waals surface area contributed by atoms with Crippen LogP contribution >= 0.6 is 0 Å². The van der Waals surface area contributed by atoms with Crippen LogP contribution < -0.4 is 5.32 Å². The van der Waals surface area contributed by atoms with Gasteiger partial charge in [-0.1, -0.05) is 6.92 Å². The Bertz CT molecular complexity index is 261. The molecule has 15 heavy (non-hydrogen) atoms. The van der Waals surface area contributed by atoms with Crippen LogP contribution in [0.4, 0.5) is 0 Å². The number of rotatable bonds is 6. The molecular formula is C9H20N2O3S. The molecule has 1 aliphatic rings. The van der Waals surface area contributed by atoms with Gasteiger partial charge in [-0.05, 0) is 19.5 Å². The maximum absolute atomic E-state index is 11.8. The van der Waals surface area contributed by atoms with Crippen LogP contribution in [0.3, 0.4) is 0 Å². The molecule has 90 valence electrons. The second-order valence-corrected chi connectivity index (χ2v) is 5.62. The van der Waals surface area contributed by atoms with Crippen LogP contribution in [-0.4, -0.2) is 57.9 Å². The van der Waals surface area contributed by atoms with Gasteiger partial charge in [0.2, 0.25) is 10.0 Å². The highest BCUT2D eigenvalue weighted by Crippen LogP contribution is 2.06. The van der Waals surface area contributed by atoms with Crippen LogP contribution in [0, 0.1) is 0 Å². The minimum absolute atomic E-state index is 0.236. The van der Waals surface area contributed by atoms with Gasteiger partial charge in [-0.2, -0.15) is 4.31 Å². The SMILES string of the molecule is CCNCCCS(=O)(=O)N1CCOCC1. The second kappa shape index (κ2) is 6.42. The molecule has 0 bridgehead atoms. The van der Waals surface area contributed by atoms with Crippen molar-refractivity contribution in [2.24, 2.45) is 0 Å². The fourth-order valence-electron chi connectivity index (χ4n) is 1.51. The minimum atomic E-state index is -3.05. The van der Waals surface area contributed by atoms with Crippen molar-refractivity contribution in [3.63, 3.8) is 0 Å². The lowest BCUT2D eigenvalue weighted by atomic mass is 10.5. The number of hydrogen-bond acceptors (Lipinski definition) is 4. The summed E-state index contributed by atoms with van der Waals surface area (Å²) in [6.07, 6.45) is 0.674. The van der Waals surface area contributed by atoms with Crippen molar-refractivity contribution in [2.45, 2.75) is 13.3 Å². The lowest BCUT2D eigenvalue weighted by Gasteiger charge is -2.25. The van der Waals surface area contributed by atoms with Crippen molar-refractivity contribution in [1.29, 1.82) is 0 Å². The Hall–Kier alpha value is -0.170. The Morgan fingerprint density at radius 1 is 1.33 bits per heavy atom. The van der Waals surface area contributed by atoms with Crippen LogP contribution in [-0.2, 0) is 14.8 Å². The number of sulfonamides is 1. The van der Waals surface area contributed by atoms with E-state index in [9.17, 15) is 8.42 Å². The van der Waals surface area contributed by atoms with Crippen LogP contribution in [0.15, 0.2) is 0 Å². The highest BCUT2D eigenvalue weighted by atomic mass is 32.2. The average Bonchev–Trinajstić information content (AvgIpc) is 2.26. The molecule has 0 saturated carbocycles. The molecule has 0 radical (unpaired) electrons. The molecule has 1 saturated heterocycles. The smallest absolute Gasteiger partial charge is 0.214 e. The highest BCUT2D eigenvalue weighted by Gasteiger charge is 2.23. The van der Waals surface area contributed by atoms with E-state index in [0.29, 0.717) is 32.7 Å². The van der Waals surface area contributed by atoms with E-state index >= 15 is 0 Å². The van der Waals surface area contributed by atoms with E-state index in [-0.39, 0.29) is 5.75 Å². The predicted molar refractivity (Wildman–Crippen MR) is 59.3 cm³/mol. The van der Waals surface area contributed by atoms with E-state index in [1.54, 1.807) is 0 Å². The molecule has 0 atom stereocenters. The molecule has 6 heteroatoms. The summed E-state index contributed by atoms with van der Waals surface area (Å²) < 4.78 is 30.2. The number of hydrogen-bond donors (Lipinski definition) is 1. The monoisotopic (exact) mass is 236 g/mol. The highest BCUT2D eigenvalue weighted by molar-refractivity contribution is 7.89. The molecule has 1 aliphatic heterocycles. The van der Waals surface area contributed by atoms with E-state index in [1.807, 2.05) is 6.92 Å². The molecule has 0 spiro atoms. The zero-order valence-electron chi connectivity index (χ0n) is 9.24. The summed E-state index contributed by atoms with van der Waals surface area (Å²) in [6, 6.07) is 0. The van der Waals surface area contributed by atoms with Crippen molar-refractivity contribution in [3.05, 3.63) is 0 Å². The topological polar surface area (TPSA) is 58.6 Å². The fourth-order valence-corrected chi connectivity index (χ4v) is 2.98. The zero-order valence-corrected chi connectivity index (χ0v) is 10.1. The van der Waals surface area contributed by atoms with Gasteiger partial charge in [0.15, 0.2) is 0 Å². The molecule has 1 fully saturated rings. The van der Waals surface area contributed by atoms with Gasteiger partial charge in [0.1, 0.15) is 0 Å². The van der Waals surface area contributed by atoms with Crippen molar-refractivity contribution in [1.82, 2.24) is 9.62 Å². The van der Waals surface area contributed by atoms with Gasteiger partial charge in [-0.3, -0.25) is 0 Å². The Kier molecular flexibility index (Phi) is 5.52. The van der Waals surface area contributed by atoms with Gasteiger partial charge < -0.3 is 10.1 Å². The van der Waals surface area contributed by atoms with E-state index < -0.39 is 10.0 Å². The van der Waals surface area contributed by atoms with Crippen molar-refractivity contribution < 1.29 is 13.2 Å². The summed E-state index contributed by atoms with van der Waals surface area (Å²) in [4.78, 5) is 0. The molecule has 0 aromatic carbocycles. The summed E-state index contributed by atoms with van der Waals surface area (Å²) in [7, 11) is -3.05. The molecule has 1 N–H and O–H groups in total. The van der Waals surface area contributed by atoms with Crippen molar-refractivity contribution >= 4 is 10.0 Å². The van der Waals surface area contributed by atoms with Crippen LogP contribution in [0.25, 0.3) is 0 Å². The number of nitrogens with one attached hydrogen (secondary N) is 1. The molecule has 0 aliphatic carbocycles. The van der Waals surface area contributed by atoms with Gasteiger partial charge >= 0.3 is 0 Å². The molecule has 1 heterocycles.